The summed E-state index contributed by atoms with van der Waals surface area (Å²) in [7, 11) is 1.67. The molecule has 0 saturated carbocycles. The Morgan fingerprint density at radius 3 is 2.64 bits per heavy atom. The van der Waals surface area contributed by atoms with Crippen LogP contribution in [0.1, 0.15) is 11.1 Å². The number of hydrogen-bond donors (Lipinski definition) is 1. The first-order valence-electron chi connectivity index (χ1n) is 9.00. The van der Waals surface area contributed by atoms with Crippen LogP contribution in [0, 0.1) is 0 Å². The van der Waals surface area contributed by atoms with Gasteiger partial charge in [0.05, 0.1) is 13.4 Å². The van der Waals surface area contributed by atoms with Gasteiger partial charge in [-0.1, -0.05) is 41.9 Å². The average molecular weight is 394 g/mol. The number of methoxy groups -OCH3 is 1. The van der Waals surface area contributed by atoms with Crippen LogP contribution < -0.4 is 10.1 Å². The van der Waals surface area contributed by atoms with Crippen molar-refractivity contribution in [2.24, 2.45) is 0 Å². The van der Waals surface area contributed by atoms with Gasteiger partial charge >= 0.3 is 0 Å². The first-order valence-corrected chi connectivity index (χ1v) is 9.38. The summed E-state index contributed by atoms with van der Waals surface area (Å²) in [5.74, 6) is 1.56. The van der Waals surface area contributed by atoms with Gasteiger partial charge in [-0.15, -0.1) is 0 Å². The molecular weight excluding hydrogens is 374 g/mol. The van der Waals surface area contributed by atoms with Gasteiger partial charge in [-0.05, 0) is 35.7 Å². The lowest BCUT2D eigenvalue weighted by atomic mass is 10.1. The molecule has 0 spiro atoms. The van der Waals surface area contributed by atoms with Crippen molar-refractivity contribution in [3.05, 3.63) is 77.3 Å². The second-order valence-corrected chi connectivity index (χ2v) is 6.78. The van der Waals surface area contributed by atoms with E-state index in [0.717, 1.165) is 40.5 Å². The second kappa shape index (κ2) is 8.27. The largest absolute Gasteiger partial charge is 0.497 e. The number of hydrogen-bond acceptors (Lipinski definition) is 5. The molecule has 0 saturated heterocycles. The quantitative estimate of drug-likeness (QED) is 0.506. The van der Waals surface area contributed by atoms with E-state index in [1.54, 1.807) is 13.4 Å². The molecule has 4 rings (SSSR count). The van der Waals surface area contributed by atoms with Gasteiger partial charge in [0.2, 0.25) is 0 Å². The maximum atomic E-state index is 6.23. The number of anilines is 1. The van der Waals surface area contributed by atoms with Crippen LogP contribution in [0.5, 0.6) is 5.75 Å². The molecule has 4 aromatic rings. The third-order valence-corrected chi connectivity index (χ3v) is 4.97. The Bertz CT molecular complexity index is 1080. The van der Waals surface area contributed by atoms with Gasteiger partial charge in [0.1, 0.15) is 17.6 Å². The first-order chi connectivity index (χ1) is 13.7. The molecule has 0 bridgehead atoms. The number of nitrogens with one attached hydrogen (secondary N) is 1. The minimum atomic E-state index is 0.574. The topological polar surface area (TPSA) is 64.9 Å². The Morgan fingerprint density at radius 2 is 1.86 bits per heavy atom. The van der Waals surface area contributed by atoms with Crippen molar-refractivity contribution in [3.8, 4) is 5.75 Å². The molecule has 0 aliphatic carbocycles. The standard InChI is InChI=1S/C21H20ClN5O/c1-28-17-8-6-15(7-9-17)10-11-27-14-26-19-20(24-13-25-21(19)27)23-12-16-4-2-3-5-18(16)22/h2-9,13-14H,10-12H2,1H3,(H,23,24,25). The summed E-state index contributed by atoms with van der Waals surface area (Å²) in [6.45, 7) is 1.36. The molecule has 2 aromatic carbocycles. The molecule has 0 amide bonds. The van der Waals surface area contributed by atoms with Crippen molar-refractivity contribution in [2.45, 2.75) is 19.5 Å². The van der Waals surface area contributed by atoms with Gasteiger partial charge in [-0.3, -0.25) is 0 Å². The number of rotatable bonds is 7. The molecule has 1 N–H and O–H groups in total. The molecule has 0 aliphatic rings. The smallest absolute Gasteiger partial charge is 0.165 e. The molecule has 0 fully saturated rings. The van der Waals surface area contributed by atoms with Crippen LogP contribution in [0.25, 0.3) is 11.2 Å². The van der Waals surface area contributed by atoms with Crippen molar-refractivity contribution in [1.82, 2.24) is 19.5 Å². The lowest BCUT2D eigenvalue weighted by molar-refractivity contribution is 0.414. The van der Waals surface area contributed by atoms with Crippen LogP contribution in [-0.4, -0.2) is 26.6 Å². The van der Waals surface area contributed by atoms with Crippen molar-refractivity contribution in [1.29, 1.82) is 0 Å². The molecule has 142 valence electrons. The van der Waals surface area contributed by atoms with Crippen molar-refractivity contribution in [2.75, 3.05) is 12.4 Å². The Hall–Kier alpha value is -3.12. The van der Waals surface area contributed by atoms with Gasteiger partial charge in [-0.2, -0.15) is 0 Å². The highest BCUT2D eigenvalue weighted by Crippen LogP contribution is 2.21. The number of halogens is 1. The fourth-order valence-electron chi connectivity index (χ4n) is 3.04. The molecule has 0 unspecified atom stereocenters. The van der Waals surface area contributed by atoms with E-state index in [1.807, 2.05) is 47.3 Å². The highest BCUT2D eigenvalue weighted by molar-refractivity contribution is 6.31. The number of fused-ring (bicyclic) bond motifs is 1. The summed E-state index contributed by atoms with van der Waals surface area (Å²) in [4.78, 5) is 13.3. The van der Waals surface area contributed by atoms with Gasteiger partial charge in [0.25, 0.3) is 0 Å². The third kappa shape index (κ3) is 3.92. The van der Waals surface area contributed by atoms with E-state index < -0.39 is 0 Å². The Morgan fingerprint density at radius 1 is 1.04 bits per heavy atom. The molecule has 6 nitrogen and oxygen atoms in total. The zero-order chi connectivity index (χ0) is 19.3. The molecule has 7 heteroatoms. The zero-order valence-electron chi connectivity index (χ0n) is 15.5. The first kappa shape index (κ1) is 18.3. The highest BCUT2D eigenvalue weighted by Gasteiger charge is 2.10. The number of aromatic nitrogens is 4. The molecule has 0 atom stereocenters. The minimum Gasteiger partial charge on any atom is -0.497 e. The predicted octanol–water partition coefficient (Wildman–Crippen LogP) is 4.34. The predicted molar refractivity (Wildman–Crippen MR) is 111 cm³/mol. The lowest BCUT2D eigenvalue weighted by Crippen LogP contribution is -2.04. The van der Waals surface area contributed by atoms with Crippen molar-refractivity contribution in [3.63, 3.8) is 0 Å². The zero-order valence-corrected chi connectivity index (χ0v) is 16.2. The van der Waals surface area contributed by atoms with Crippen molar-refractivity contribution >= 4 is 28.6 Å². The molecule has 28 heavy (non-hydrogen) atoms. The van der Waals surface area contributed by atoms with Crippen LogP contribution in [0.2, 0.25) is 5.02 Å². The molecular formula is C21H20ClN5O. The summed E-state index contributed by atoms with van der Waals surface area (Å²) in [5.41, 5.74) is 3.80. The van der Waals surface area contributed by atoms with E-state index >= 15 is 0 Å². The number of aryl methyl sites for hydroxylation is 2. The van der Waals surface area contributed by atoms with E-state index in [1.165, 1.54) is 5.56 Å². The number of ether oxygens (including phenoxy) is 1. The lowest BCUT2D eigenvalue weighted by Gasteiger charge is -2.08. The summed E-state index contributed by atoms with van der Waals surface area (Å²) < 4.78 is 7.25. The highest BCUT2D eigenvalue weighted by atomic mass is 35.5. The Balaban J connectivity index is 1.48. The van der Waals surface area contributed by atoms with Gasteiger partial charge in [0.15, 0.2) is 11.5 Å². The van der Waals surface area contributed by atoms with Gasteiger partial charge in [0, 0.05) is 18.1 Å². The van der Waals surface area contributed by atoms with Crippen LogP contribution >= 0.6 is 11.6 Å². The van der Waals surface area contributed by atoms with Crippen LogP contribution in [0.3, 0.4) is 0 Å². The number of nitrogens with zero attached hydrogens (tertiary/aromatic N) is 4. The molecule has 2 heterocycles. The summed E-state index contributed by atoms with van der Waals surface area (Å²) in [6.07, 6.45) is 4.24. The third-order valence-electron chi connectivity index (χ3n) is 4.61. The Kier molecular flexibility index (Phi) is 5.39. The maximum absolute atomic E-state index is 6.23. The van der Waals surface area contributed by atoms with E-state index in [2.05, 4.69) is 32.4 Å². The molecule has 0 aliphatic heterocycles. The number of benzene rings is 2. The SMILES string of the molecule is COc1ccc(CCn2cnc3c(NCc4ccccc4Cl)ncnc32)cc1. The van der Waals surface area contributed by atoms with Crippen molar-refractivity contribution < 1.29 is 4.74 Å². The monoisotopic (exact) mass is 393 g/mol. The maximum Gasteiger partial charge on any atom is 0.165 e. The fourth-order valence-corrected chi connectivity index (χ4v) is 3.24. The summed E-state index contributed by atoms with van der Waals surface area (Å²) >= 11 is 6.23. The van der Waals surface area contributed by atoms with E-state index in [-0.39, 0.29) is 0 Å². The van der Waals surface area contributed by atoms with Crippen LogP contribution in [-0.2, 0) is 19.5 Å². The van der Waals surface area contributed by atoms with Gasteiger partial charge < -0.3 is 14.6 Å². The fraction of sp³-hybridized carbons (Fsp3) is 0.190. The second-order valence-electron chi connectivity index (χ2n) is 6.38. The minimum absolute atomic E-state index is 0.574. The summed E-state index contributed by atoms with van der Waals surface area (Å²) in [5, 5.41) is 4.05. The van der Waals surface area contributed by atoms with Crippen LogP contribution in [0.15, 0.2) is 61.2 Å². The summed E-state index contributed by atoms with van der Waals surface area (Å²) in [6, 6.07) is 15.8. The molecule has 0 radical (unpaired) electrons. The van der Waals surface area contributed by atoms with E-state index in [0.29, 0.717) is 12.4 Å². The number of imidazole rings is 1. The Labute approximate surface area is 168 Å². The van der Waals surface area contributed by atoms with E-state index in [9.17, 15) is 0 Å². The van der Waals surface area contributed by atoms with Gasteiger partial charge in [-0.25, -0.2) is 15.0 Å². The van der Waals surface area contributed by atoms with E-state index in [4.69, 9.17) is 16.3 Å². The van der Waals surface area contributed by atoms with Crippen LogP contribution in [0.4, 0.5) is 5.82 Å². The average Bonchev–Trinajstić information content (AvgIpc) is 3.16. The molecule has 2 aromatic heterocycles. The normalized spacial score (nSPS) is 10.9.